The number of hydrogen-bond acceptors (Lipinski definition) is 2. The molecule has 0 fully saturated rings. The third-order valence-corrected chi connectivity index (χ3v) is 2.51. The van der Waals surface area contributed by atoms with Gasteiger partial charge in [-0.25, -0.2) is 0 Å². The van der Waals surface area contributed by atoms with E-state index in [2.05, 4.69) is 6.92 Å². The van der Waals surface area contributed by atoms with Gasteiger partial charge in [0.15, 0.2) is 5.78 Å². The van der Waals surface area contributed by atoms with Crippen molar-refractivity contribution in [3.05, 3.63) is 29.3 Å². The van der Waals surface area contributed by atoms with Crippen molar-refractivity contribution in [3.63, 3.8) is 0 Å². The van der Waals surface area contributed by atoms with Crippen molar-refractivity contribution in [2.24, 2.45) is 0 Å². The molecule has 0 radical (unpaired) electrons. The highest BCUT2D eigenvalue weighted by Crippen LogP contribution is 2.21. The number of ketones is 1. The maximum absolute atomic E-state index is 11.7. The van der Waals surface area contributed by atoms with Crippen LogP contribution in [0.2, 0.25) is 0 Å². The molecule has 1 aromatic carbocycles. The summed E-state index contributed by atoms with van der Waals surface area (Å²) in [6, 6.07) is 5.79. The van der Waals surface area contributed by atoms with Crippen LogP contribution in [0.3, 0.4) is 0 Å². The topological polar surface area (TPSA) is 26.3 Å². The lowest BCUT2D eigenvalue weighted by atomic mass is 10.1. The maximum Gasteiger partial charge on any atom is 0.166 e. The first kappa shape index (κ1) is 12.8. The summed E-state index contributed by atoms with van der Waals surface area (Å²) in [6.07, 6.45) is 2.64. The zero-order valence-electron chi connectivity index (χ0n) is 10.4. The van der Waals surface area contributed by atoms with Gasteiger partial charge < -0.3 is 4.74 Å². The van der Waals surface area contributed by atoms with E-state index in [0.717, 1.165) is 29.7 Å². The molecule has 0 heterocycles. The standard InChI is InChI=1S/C14H20O2/c1-4-6-9-16-14-8-7-11(3)10-12(14)13(15)5-2/h7-8,10H,4-6,9H2,1-3H3. The van der Waals surface area contributed by atoms with Crippen molar-refractivity contribution in [1.29, 1.82) is 0 Å². The van der Waals surface area contributed by atoms with E-state index < -0.39 is 0 Å². The summed E-state index contributed by atoms with van der Waals surface area (Å²) in [5.74, 6) is 0.876. The van der Waals surface area contributed by atoms with Crippen molar-refractivity contribution < 1.29 is 9.53 Å². The molecule has 2 heteroatoms. The zero-order chi connectivity index (χ0) is 12.0. The molecule has 0 aliphatic carbocycles. The second-order valence-corrected chi connectivity index (χ2v) is 3.98. The Morgan fingerprint density at radius 3 is 2.69 bits per heavy atom. The van der Waals surface area contributed by atoms with Gasteiger partial charge in [-0.15, -0.1) is 0 Å². The van der Waals surface area contributed by atoms with Crippen LogP contribution in [0.1, 0.15) is 49.0 Å². The van der Waals surface area contributed by atoms with Crippen molar-refractivity contribution in [2.45, 2.75) is 40.0 Å². The summed E-state index contributed by atoms with van der Waals surface area (Å²) in [6.45, 7) is 6.67. The Morgan fingerprint density at radius 1 is 1.31 bits per heavy atom. The van der Waals surface area contributed by atoms with Crippen LogP contribution in [0, 0.1) is 6.92 Å². The van der Waals surface area contributed by atoms with E-state index in [1.54, 1.807) is 0 Å². The molecule has 2 nitrogen and oxygen atoms in total. The molecule has 0 aliphatic heterocycles. The Morgan fingerprint density at radius 2 is 2.06 bits per heavy atom. The molecule has 16 heavy (non-hydrogen) atoms. The van der Waals surface area contributed by atoms with Crippen LogP contribution < -0.4 is 4.74 Å². The molecule has 0 spiro atoms. The SMILES string of the molecule is CCCCOc1ccc(C)cc1C(=O)CC. The van der Waals surface area contributed by atoms with Crippen LogP contribution in [0.25, 0.3) is 0 Å². The third-order valence-electron chi connectivity index (χ3n) is 2.51. The molecule has 88 valence electrons. The predicted molar refractivity (Wildman–Crippen MR) is 66.2 cm³/mol. The number of ether oxygens (including phenoxy) is 1. The fourth-order valence-electron chi connectivity index (χ4n) is 1.50. The molecule has 0 aromatic heterocycles. The monoisotopic (exact) mass is 220 g/mol. The highest BCUT2D eigenvalue weighted by Gasteiger charge is 2.10. The minimum atomic E-state index is 0.148. The molecule has 0 N–H and O–H groups in total. The largest absolute Gasteiger partial charge is 0.493 e. The van der Waals surface area contributed by atoms with Crippen LogP contribution in [0.4, 0.5) is 0 Å². The van der Waals surface area contributed by atoms with E-state index in [-0.39, 0.29) is 5.78 Å². The molecule has 1 aromatic rings. The number of Topliss-reactive ketones (excluding diaryl/α,β-unsaturated/α-hetero) is 1. The number of hydrogen-bond donors (Lipinski definition) is 0. The van der Waals surface area contributed by atoms with E-state index in [4.69, 9.17) is 4.74 Å². The number of carbonyl (C=O) groups excluding carboxylic acids is 1. The van der Waals surface area contributed by atoms with Crippen LogP contribution in [-0.4, -0.2) is 12.4 Å². The summed E-state index contributed by atoms with van der Waals surface area (Å²) < 4.78 is 5.63. The predicted octanol–water partition coefficient (Wildman–Crippen LogP) is 3.77. The number of rotatable bonds is 6. The van der Waals surface area contributed by atoms with E-state index in [9.17, 15) is 4.79 Å². The van der Waals surface area contributed by atoms with Gasteiger partial charge in [-0.3, -0.25) is 4.79 Å². The van der Waals surface area contributed by atoms with E-state index in [1.807, 2.05) is 32.0 Å². The van der Waals surface area contributed by atoms with Gasteiger partial charge in [-0.05, 0) is 25.5 Å². The van der Waals surface area contributed by atoms with Gasteiger partial charge in [0.2, 0.25) is 0 Å². The second kappa shape index (κ2) is 6.31. The lowest BCUT2D eigenvalue weighted by molar-refractivity contribution is 0.0984. The van der Waals surface area contributed by atoms with Crippen LogP contribution in [0.5, 0.6) is 5.75 Å². The first-order valence-corrected chi connectivity index (χ1v) is 5.95. The minimum absolute atomic E-state index is 0.148. The lowest BCUT2D eigenvalue weighted by Crippen LogP contribution is -2.04. The molecule has 0 amide bonds. The van der Waals surface area contributed by atoms with E-state index in [1.165, 1.54) is 0 Å². The molecule has 0 aliphatic rings. The Bertz CT molecular complexity index is 356. The molecule has 0 saturated carbocycles. The molecular formula is C14H20O2. The van der Waals surface area contributed by atoms with Gasteiger partial charge in [0.25, 0.3) is 0 Å². The third kappa shape index (κ3) is 3.37. The van der Waals surface area contributed by atoms with Gasteiger partial charge >= 0.3 is 0 Å². The smallest absolute Gasteiger partial charge is 0.166 e. The fourth-order valence-corrected chi connectivity index (χ4v) is 1.50. The Labute approximate surface area is 97.6 Å². The summed E-state index contributed by atoms with van der Waals surface area (Å²) in [5.41, 5.74) is 1.82. The summed E-state index contributed by atoms with van der Waals surface area (Å²) in [5, 5.41) is 0. The first-order chi connectivity index (χ1) is 7.69. The fraction of sp³-hybridized carbons (Fsp3) is 0.500. The molecule has 1 rings (SSSR count). The zero-order valence-corrected chi connectivity index (χ0v) is 10.4. The highest BCUT2D eigenvalue weighted by molar-refractivity contribution is 5.98. The van der Waals surface area contributed by atoms with Gasteiger partial charge in [0.1, 0.15) is 5.75 Å². The van der Waals surface area contributed by atoms with E-state index in [0.29, 0.717) is 13.0 Å². The normalized spacial score (nSPS) is 10.2. The Hall–Kier alpha value is -1.31. The number of benzene rings is 1. The average molecular weight is 220 g/mol. The van der Waals surface area contributed by atoms with E-state index >= 15 is 0 Å². The average Bonchev–Trinajstić information content (AvgIpc) is 2.30. The highest BCUT2D eigenvalue weighted by atomic mass is 16.5. The van der Waals surface area contributed by atoms with Crippen LogP contribution in [0.15, 0.2) is 18.2 Å². The number of aryl methyl sites for hydroxylation is 1. The second-order valence-electron chi connectivity index (χ2n) is 3.98. The number of carbonyl (C=O) groups is 1. The summed E-state index contributed by atoms with van der Waals surface area (Å²) >= 11 is 0. The minimum Gasteiger partial charge on any atom is -0.493 e. The quantitative estimate of drug-likeness (QED) is 0.539. The van der Waals surface area contributed by atoms with Crippen molar-refractivity contribution in [3.8, 4) is 5.75 Å². The van der Waals surface area contributed by atoms with Crippen molar-refractivity contribution in [2.75, 3.05) is 6.61 Å². The van der Waals surface area contributed by atoms with Crippen LogP contribution in [-0.2, 0) is 0 Å². The van der Waals surface area contributed by atoms with Crippen molar-refractivity contribution in [1.82, 2.24) is 0 Å². The molecule has 0 atom stereocenters. The Kier molecular flexibility index (Phi) is 5.03. The van der Waals surface area contributed by atoms with Gasteiger partial charge in [0, 0.05) is 6.42 Å². The molecule has 0 saturated heterocycles. The van der Waals surface area contributed by atoms with Crippen molar-refractivity contribution >= 4 is 5.78 Å². The Balaban J connectivity index is 2.85. The summed E-state index contributed by atoms with van der Waals surface area (Å²) in [4.78, 5) is 11.7. The number of unbranched alkanes of at least 4 members (excludes halogenated alkanes) is 1. The molecular weight excluding hydrogens is 200 g/mol. The van der Waals surface area contributed by atoms with Gasteiger partial charge in [0.05, 0.1) is 12.2 Å². The maximum atomic E-state index is 11.7. The summed E-state index contributed by atoms with van der Waals surface area (Å²) in [7, 11) is 0. The lowest BCUT2D eigenvalue weighted by Gasteiger charge is -2.10. The molecule has 0 unspecified atom stereocenters. The first-order valence-electron chi connectivity index (χ1n) is 5.95. The molecule has 0 bridgehead atoms. The van der Waals surface area contributed by atoms with Gasteiger partial charge in [-0.2, -0.15) is 0 Å². The van der Waals surface area contributed by atoms with Gasteiger partial charge in [-0.1, -0.05) is 31.9 Å². The van der Waals surface area contributed by atoms with Crippen LogP contribution >= 0.6 is 0 Å².